The third-order valence-electron chi connectivity index (χ3n) is 3.95. The van der Waals surface area contributed by atoms with Crippen molar-refractivity contribution in [2.45, 2.75) is 32.4 Å². The number of anilines is 1. The Morgan fingerprint density at radius 3 is 2.79 bits per heavy atom. The van der Waals surface area contributed by atoms with Gasteiger partial charge in [0.1, 0.15) is 6.17 Å². The molecule has 0 aromatic carbocycles. The predicted molar refractivity (Wildman–Crippen MR) is 86.1 cm³/mol. The lowest BCUT2D eigenvalue weighted by molar-refractivity contribution is 0.129. The maximum Gasteiger partial charge on any atom is 0.324 e. The molecule has 7 nitrogen and oxygen atoms in total. The minimum absolute atomic E-state index is 0.152. The van der Waals surface area contributed by atoms with Crippen LogP contribution in [0.4, 0.5) is 10.4 Å². The zero-order valence-corrected chi connectivity index (χ0v) is 14.3. The molecule has 9 heteroatoms. The molecule has 24 heavy (non-hydrogen) atoms. The van der Waals surface area contributed by atoms with Crippen molar-refractivity contribution in [2.75, 3.05) is 24.6 Å². The maximum atomic E-state index is 14.5. The van der Waals surface area contributed by atoms with E-state index in [2.05, 4.69) is 20.1 Å². The third-order valence-corrected chi connectivity index (χ3v) is 4.15. The molecule has 0 amide bonds. The van der Waals surface area contributed by atoms with Gasteiger partial charge in [0.05, 0.1) is 25.5 Å². The van der Waals surface area contributed by atoms with Crippen molar-refractivity contribution in [3.63, 3.8) is 0 Å². The number of hydrogen-bond acceptors (Lipinski definition) is 7. The van der Waals surface area contributed by atoms with Crippen molar-refractivity contribution in [2.24, 2.45) is 5.92 Å². The summed E-state index contributed by atoms with van der Waals surface area (Å²) in [4.78, 5) is 13.8. The van der Waals surface area contributed by atoms with E-state index in [0.29, 0.717) is 30.6 Å². The van der Waals surface area contributed by atoms with Crippen LogP contribution in [-0.2, 0) is 0 Å². The van der Waals surface area contributed by atoms with Crippen LogP contribution < -0.4 is 9.64 Å². The smallest absolute Gasteiger partial charge is 0.324 e. The molecular weight excluding hydrogens is 337 g/mol. The Labute approximate surface area is 144 Å². The Morgan fingerprint density at radius 1 is 1.42 bits per heavy atom. The Kier molecular flexibility index (Phi) is 5.13. The lowest BCUT2D eigenvalue weighted by Gasteiger charge is -2.33. The van der Waals surface area contributed by atoms with E-state index in [4.69, 9.17) is 20.9 Å². The molecule has 3 heterocycles. The van der Waals surface area contributed by atoms with Crippen LogP contribution >= 0.6 is 11.6 Å². The Bertz CT molecular complexity index is 666. The number of alkyl halides is 1. The number of halogens is 2. The van der Waals surface area contributed by atoms with Crippen LogP contribution in [0.25, 0.3) is 0 Å². The number of aromatic nitrogens is 4. The first-order chi connectivity index (χ1) is 11.5. The second kappa shape index (κ2) is 7.29. The second-order valence-corrected chi connectivity index (χ2v) is 6.44. The molecule has 0 spiro atoms. The van der Waals surface area contributed by atoms with Gasteiger partial charge >= 0.3 is 6.01 Å². The highest BCUT2D eigenvalue weighted by atomic mass is 35.5. The predicted octanol–water partition coefficient (Wildman–Crippen LogP) is 2.88. The molecule has 130 valence electrons. The largest absolute Gasteiger partial charge is 0.490 e. The zero-order valence-electron chi connectivity index (χ0n) is 13.5. The van der Waals surface area contributed by atoms with E-state index in [1.807, 2.05) is 13.8 Å². The number of piperidine rings is 1. The molecule has 3 rings (SSSR count). The highest BCUT2D eigenvalue weighted by molar-refractivity contribution is 6.28. The Hall–Kier alpha value is -1.96. The molecule has 0 aliphatic carbocycles. The van der Waals surface area contributed by atoms with Gasteiger partial charge in [-0.2, -0.15) is 4.98 Å². The van der Waals surface area contributed by atoms with Crippen molar-refractivity contribution >= 4 is 17.6 Å². The Balaban J connectivity index is 1.53. The molecule has 1 aliphatic heterocycles. The SMILES string of the molecule is CC(C)c1noc(N2CC[C@@H](COc3cnc(Cl)nc3)[C@@H](F)C2)n1. The van der Waals surface area contributed by atoms with Crippen LogP contribution in [0.1, 0.15) is 32.0 Å². The molecule has 0 unspecified atom stereocenters. The van der Waals surface area contributed by atoms with Crippen LogP contribution in [0.5, 0.6) is 5.75 Å². The molecule has 2 aromatic heterocycles. The molecule has 0 bridgehead atoms. The van der Waals surface area contributed by atoms with Crippen molar-refractivity contribution in [1.82, 2.24) is 20.1 Å². The average Bonchev–Trinajstić information content (AvgIpc) is 3.05. The summed E-state index contributed by atoms with van der Waals surface area (Å²) in [6.45, 7) is 5.09. The van der Waals surface area contributed by atoms with E-state index in [1.54, 1.807) is 4.90 Å². The molecule has 0 saturated carbocycles. The second-order valence-electron chi connectivity index (χ2n) is 6.10. The van der Waals surface area contributed by atoms with E-state index in [1.165, 1.54) is 12.4 Å². The van der Waals surface area contributed by atoms with Gasteiger partial charge in [0.25, 0.3) is 0 Å². The molecule has 1 fully saturated rings. The van der Waals surface area contributed by atoms with E-state index in [0.717, 1.165) is 0 Å². The average molecular weight is 356 g/mol. The van der Waals surface area contributed by atoms with Gasteiger partial charge in [-0.05, 0) is 18.0 Å². The van der Waals surface area contributed by atoms with Crippen molar-refractivity contribution in [3.05, 3.63) is 23.5 Å². The van der Waals surface area contributed by atoms with Gasteiger partial charge in [-0.25, -0.2) is 14.4 Å². The summed E-state index contributed by atoms with van der Waals surface area (Å²) in [5, 5.41) is 4.07. The van der Waals surface area contributed by atoms with Gasteiger partial charge in [-0.15, -0.1) is 0 Å². The molecular formula is C15H19ClFN5O2. The van der Waals surface area contributed by atoms with Crippen LogP contribution in [0.3, 0.4) is 0 Å². The van der Waals surface area contributed by atoms with Crippen LogP contribution in [0.15, 0.2) is 16.9 Å². The number of nitrogens with zero attached hydrogens (tertiary/aromatic N) is 5. The minimum Gasteiger partial charge on any atom is -0.490 e. The molecule has 2 aromatic rings. The normalized spacial score (nSPS) is 21.3. The summed E-state index contributed by atoms with van der Waals surface area (Å²) in [6, 6.07) is 0.381. The summed E-state index contributed by atoms with van der Waals surface area (Å²) in [7, 11) is 0. The monoisotopic (exact) mass is 355 g/mol. The van der Waals surface area contributed by atoms with Crippen molar-refractivity contribution < 1.29 is 13.7 Å². The first-order valence-corrected chi connectivity index (χ1v) is 8.23. The first kappa shape index (κ1) is 16.9. The quantitative estimate of drug-likeness (QED) is 0.763. The van der Waals surface area contributed by atoms with Gasteiger partial charge in [0.2, 0.25) is 5.28 Å². The summed E-state index contributed by atoms with van der Waals surface area (Å²) in [6.07, 6.45) is 2.55. The highest BCUT2D eigenvalue weighted by Gasteiger charge is 2.32. The van der Waals surface area contributed by atoms with Gasteiger partial charge in [-0.3, -0.25) is 0 Å². The Morgan fingerprint density at radius 2 is 2.17 bits per heavy atom. The maximum absolute atomic E-state index is 14.5. The fourth-order valence-corrected chi connectivity index (χ4v) is 2.58. The van der Waals surface area contributed by atoms with E-state index >= 15 is 0 Å². The standard InChI is InChI=1S/C15H19ClFN5O2/c1-9(2)13-20-15(24-21-13)22-4-3-10(12(17)7-22)8-23-11-5-18-14(16)19-6-11/h5-6,9-10,12H,3-4,7-8H2,1-2H3/t10-,12-/m0/s1. The number of rotatable bonds is 5. The topological polar surface area (TPSA) is 77.2 Å². The summed E-state index contributed by atoms with van der Waals surface area (Å²) >= 11 is 5.62. The minimum atomic E-state index is -1.04. The molecule has 2 atom stereocenters. The summed E-state index contributed by atoms with van der Waals surface area (Å²) in [5.41, 5.74) is 0. The fraction of sp³-hybridized carbons (Fsp3) is 0.600. The van der Waals surface area contributed by atoms with Crippen LogP contribution in [-0.4, -0.2) is 46.0 Å². The molecule has 1 aliphatic rings. The van der Waals surface area contributed by atoms with E-state index in [-0.39, 0.29) is 30.3 Å². The third kappa shape index (κ3) is 3.92. The van der Waals surface area contributed by atoms with Gasteiger partial charge in [0, 0.05) is 18.4 Å². The molecule has 0 radical (unpaired) electrons. The van der Waals surface area contributed by atoms with E-state index < -0.39 is 6.17 Å². The zero-order chi connectivity index (χ0) is 17.1. The van der Waals surface area contributed by atoms with Crippen molar-refractivity contribution in [3.8, 4) is 5.75 Å². The highest BCUT2D eigenvalue weighted by Crippen LogP contribution is 2.26. The first-order valence-electron chi connectivity index (χ1n) is 7.86. The van der Waals surface area contributed by atoms with Gasteiger partial charge in [0.15, 0.2) is 11.6 Å². The number of ether oxygens (including phenoxy) is 1. The van der Waals surface area contributed by atoms with Gasteiger partial charge in [-0.1, -0.05) is 19.0 Å². The van der Waals surface area contributed by atoms with Crippen LogP contribution in [0.2, 0.25) is 5.28 Å². The molecule has 1 saturated heterocycles. The van der Waals surface area contributed by atoms with Crippen LogP contribution in [0, 0.1) is 5.92 Å². The fourth-order valence-electron chi connectivity index (χ4n) is 2.48. The molecule has 0 N–H and O–H groups in total. The van der Waals surface area contributed by atoms with Crippen molar-refractivity contribution in [1.29, 1.82) is 0 Å². The van der Waals surface area contributed by atoms with E-state index in [9.17, 15) is 4.39 Å². The van der Waals surface area contributed by atoms with Gasteiger partial charge < -0.3 is 14.2 Å². The lowest BCUT2D eigenvalue weighted by atomic mass is 9.96. The number of hydrogen-bond donors (Lipinski definition) is 0. The summed E-state index contributed by atoms with van der Waals surface area (Å²) in [5.74, 6) is 1.08. The lowest BCUT2D eigenvalue weighted by Crippen LogP contribution is -2.44. The summed E-state index contributed by atoms with van der Waals surface area (Å²) < 4.78 is 25.2.